The molecule has 0 spiro atoms. The van der Waals surface area contributed by atoms with Crippen LogP contribution in [0.5, 0.6) is 0 Å². The summed E-state index contributed by atoms with van der Waals surface area (Å²) in [5.74, 6) is 0. The summed E-state index contributed by atoms with van der Waals surface area (Å²) in [5, 5.41) is 17.5. The molecule has 0 radical (unpaired) electrons. The Bertz CT molecular complexity index is 84.0. The topological polar surface area (TPSA) is 40.5 Å². The Labute approximate surface area is 85.4 Å². The molecule has 0 saturated heterocycles. The van der Waals surface area contributed by atoms with E-state index in [4.69, 9.17) is 10.2 Å². The van der Waals surface area contributed by atoms with Gasteiger partial charge < -0.3 is 31.7 Å². The number of hydrogen-bond donors (Lipinski definition) is 2. The Balaban J connectivity index is 0. The molecule has 0 saturated carbocycles. The van der Waals surface area contributed by atoms with E-state index in [2.05, 4.69) is 14.0 Å². The fourth-order valence-electron chi connectivity index (χ4n) is 1.36. The van der Waals surface area contributed by atoms with E-state index < -0.39 is 0 Å². The molecule has 12 heavy (non-hydrogen) atoms. The number of likely N-dealkylation sites (N-methyl/N-ethyl adjacent to an activating group) is 1. The standard InChI is InChI=1S/C8H20NO2.BrH/c1-3-4-9(2,5-7-10)6-8-11;/h10-11H,3-8H2,1-2H3;1H/q+1;/p-1. The molecule has 0 atom stereocenters. The molecule has 0 aliphatic heterocycles. The smallest absolute Gasteiger partial charge is 0.102 e. The Hall–Kier alpha value is 0.360. The highest BCUT2D eigenvalue weighted by molar-refractivity contribution is 4.37. The lowest BCUT2D eigenvalue weighted by Crippen LogP contribution is -3.00. The second kappa shape index (κ2) is 7.98. The van der Waals surface area contributed by atoms with Crippen molar-refractivity contribution >= 4 is 0 Å². The third-order valence-corrected chi connectivity index (χ3v) is 2.04. The Kier molecular flexibility index (Phi) is 9.88. The van der Waals surface area contributed by atoms with Crippen molar-refractivity contribution in [3.63, 3.8) is 0 Å². The molecule has 0 aromatic heterocycles. The van der Waals surface area contributed by atoms with Crippen LogP contribution < -0.4 is 17.0 Å². The number of hydrogen-bond acceptors (Lipinski definition) is 2. The Morgan fingerprint density at radius 2 is 1.42 bits per heavy atom. The molecule has 4 heteroatoms. The van der Waals surface area contributed by atoms with Crippen molar-refractivity contribution in [2.45, 2.75) is 13.3 Å². The second-order valence-electron chi connectivity index (χ2n) is 3.24. The predicted octanol–water partition coefficient (Wildman–Crippen LogP) is -3.17. The van der Waals surface area contributed by atoms with Crippen LogP contribution in [0, 0.1) is 0 Å². The van der Waals surface area contributed by atoms with E-state index in [1.54, 1.807) is 0 Å². The number of quaternary nitrogens is 1. The maximum absolute atomic E-state index is 8.76. The first-order valence-corrected chi connectivity index (χ1v) is 4.24. The van der Waals surface area contributed by atoms with Crippen LogP contribution in [0.1, 0.15) is 13.3 Å². The van der Waals surface area contributed by atoms with Gasteiger partial charge in [0, 0.05) is 0 Å². The monoisotopic (exact) mass is 241 g/mol. The predicted molar refractivity (Wildman–Crippen MR) is 45.2 cm³/mol. The highest BCUT2D eigenvalue weighted by atomic mass is 79.9. The van der Waals surface area contributed by atoms with Gasteiger partial charge in [-0.15, -0.1) is 0 Å². The number of aliphatic hydroxyl groups excluding tert-OH is 2. The maximum atomic E-state index is 8.76. The third-order valence-electron chi connectivity index (χ3n) is 2.04. The van der Waals surface area contributed by atoms with Crippen LogP contribution in [0.3, 0.4) is 0 Å². The van der Waals surface area contributed by atoms with Gasteiger partial charge in [0.15, 0.2) is 0 Å². The molecule has 0 fully saturated rings. The lowest BCUT2D eigenvalue weighted by molar-refractivity contribution is -0.910. The van der Waals surface area contributed by atoms with Crippen LogP contribution in [0.25, 0.3) is 0 Å². The highest BCUT2D eigenvalue weighted by Crippen LogP contribution is 2.01. The SMILES string of the molecule is CCC[N+](C)(CCO)CCO.[Br-]. The highest BCUT2D eigenvalue weighted by Gasteiger charge is 2.18. The van der Waals surface area contributed by atoms with Crippen molar-refractivity contribution in [1.29, 1.82) is 0 Å². The molecule has 0 aliphatic carbocycles. The van der Waals surface area contributed by atoms with Crippen molar-refractivity contribution < 1.29 is 31.7 Å². The van der Waals surface area contributed by atoms with Crippen LogP contribution in [0.2, 0.25) is 0 Å². The average Bonchev–Trinajstić information content (AvgIpc) is 1.88. The summed E-state index contributed by atoms with van der Waals surface area (Å²) in [6, 6.07) is 0. The normalized spacial score (nSPS) is 11.0. The first-order chi connectivity index (χ1) is 5.18. The Morgan fingerprint density at radius 3 is 1.67 bits per heavy atom. The lowest BCUT2D eigenvalue weighted by atomic mass is 10.3. The van der Waals surface area contributed by atoms with Crippen molar-refractivity contribution in [2.75, 3.05) is 39.9 Å². The molecule has 0 aromatic carbocycles. The van der Waals surface area contributed by atoms with Crippen LogP contribution in [-0.2, 0) is 0 Å². The van der Waals surface area contributed by atoms with Gasteiger partial charge in [-0.3, -0.25) is 0 Å². The van der Waals surface area contributed by atoms with E-state index in [1.165, 1.54) is 0 Å². The number of aliphatic hydroxyl groups is 2. The van der Waals surface area contributed by atoms with Crippen LogP contribution in [0.4, 0.5) is 0 Å². The molecule has 0 unspecified atom stereocenters. The van der Waals surface area contributed by atoms with Gasteiger partial charge in [0.1, 0.15) is 13.1 Å². The van der Waals surface area contributed by atoms with Crippen molar-refractivity contribution in [1.82, 2.24) is 0 Å². The minimum Gasteiger partial charge on any atom is -1.00 e. The van der Waals surface area contributed by atoms with Crippen LogP contribution in [-0.4, -0.2) is 54.6 Å². The molecular formula is C8H20BrNO2. The van der Waals surface area contributed by atoms with Gasteiger partial charge in [-0.2, -0.15) is 0 Å². The maximum Gasteiger partial charge on any atom is 0.102 e. The molecule has 76 valence electrons. The summed E-state index contributed by atoms with van der Waals surface area (Å²) in [7, 11) is 2.07. The van der Waals surface area contributed by atoms with Gasteiger partial charge in [0.25, 0.3) is 0 Å². The first-order valence-electron chi connectivity index (χ1n) is 4.24. The molecule has 3 nitrogen and oxygen atoms in total. The summed E-state index contributed by atoms with van der Waals surface area (Å²) >= 11 is 0. The van der Waals surface area contributed by atoms with E-state index in [-0.39, 0.29) is 30.2 Å². The average molecular weight is 242 g/mol. The number of halogens is 1. The van der Waals surface area contributed by atoms with Crippen molar-refractivity contribution in [3.8, 4) is 0 Å². The molecule has 2 N–H and O–H groups in total. The molecule has 0 heterocycles. The van der Waals surface area contributed by atoms with Gasteiger partial charge in [-0.25, -0.2) is 0 Å². The number of nitrogens with zero attached hydrogens (tertiary/aromatic N) is 1. The van der Waals surface area contributed by atoms with Gasteiger partial charge >= 0.3 is 0 Å². The molecule has 0 amide bonds. The molecule has 0 bridgehead atoms. The molecular weight excluding hydrogens is 222 g/mol. The summed E-state index contributed by atoms with van der Waals surface area (Å²) in [6.45, 7) is 5.04. The van der Waals surface area contributed by atoms with E-state index in [1.807, 2.05) is 0 Å². The fourth-order valence-corrected chi connectivity index (χ4v) is 1.36. The summed E-state index contributed by atoms with van der Waals surface area (Å²) in [4.78, 5) is 0. The van der Waals surface area contributed by atoms with Crippen molar-refractivity contribution in [2.24, 2.45) is 0 Å². The van der Waals surface area contributed by atoms with E-state index in [0.29, 0.717) is 0 Å². The summed E-state index contributed by atoms with van der Waals surface area (Å²) < 4.78 is 0.781. The first kappa shape index (κ1) is 14.9. The lowest BCUT2D eigenvalue weighted by Gasteiger charge is -2.32. The van der Waals surface area contributed by atoms with Gasteiger partial charge in [0.2, 0.25) is 0 Å². The molecule has 0 aliphatic rings. The minimum absolute atomic E-state index is 0. The molecule has 0 aromatic rings. The van der Waals surface area contributed by atoms with E-state index in [0.717, 1.165) is 30.5 Å². The molecule has 0 rings (SSSR count). The van der Waals surface area contributed by atoms with Gasteiger partial charge in [-0.1, -0.05) is 6.92 Å². The second-order valence-corrected chi connectivity index (χ2v) is 3.24. The fraction of sp³-hybridized carbons (Fsp3) is 1.00. The van der Waals surface area contributed by atoms with Crippen molar-refractivity contribution in [3.05, 3.63) is 0 Å². The summed E-state index contributed by atoms with van der Waals surface area (Å²) in [6.07, 6.45) is 1.09. The van der Waals surface area contributed by atoms with Crippen LogP contribution >= 0.6 is 0 Å². The zero-order valence-electron chi connectivity index (χ0n) is 7.96. The van der Waals surface area contributed by atoms with Gasteiger partial charge in [-0.05, 0) is 6.42 Å². The number of rotatable bonds is 6. The van der Waals surface area contributed by atoms with Crippen LogP contribution in [0.15, 0.2) is 0 Å². The Morgan fingerprint density at radius 1 is 1.00 bits per heavy atom. The minimum atomic E-state index is 0. The van der Waals surface area contributed by atoms with E-state index in [9.17, 15) is 0 Å². The zero-order chi connectivity index (χ0) is 8.74. The van der Waals surface area contributed by atoms with Gasteiger partial charge in [0.05, 0.1) is 26.8 Å². The summed E-state index contributed by atoms with van der Waals surface area (Å²) in [5.41, 5.74) is 0. The third kappa shape index (κ3) is 5.94. The largest absolute Gasteiger partial charge is 1.00 e. The zero-order valence-corrected chi connectivity index (χ0v) is 9.55. The van der Waals surface area contributed by atoms with E-state index >= 15 is 0 Å². The quantitative estimate of drug-likeness (QED) is 0.482.